The van der Waals surface area contributed by atoms with Crippen LogP contribution >= 0.6 is 11.6 Å². The number of benzene rings is 1. The fourth-order valence-corrected chi connectivity index (χ4v) is 8.64. The number of hydrogen-bond acceptors (Lipinski definition) is 6. The number of carboxylic acid groups (broad SMARTS) is 1. The number of aliphatic carboxylic acids is 1. The van der Waals surface area contributed by atoms with Gasteiger partial charge in [-0.3, -0.25) is 14.4 Å². The summed E-state index contributed by atoms with van der Waals surface area (Å²) < 4.78 is 52.3. The van der Waals surface area contributed by atoms with E-state index in [9.17, 15) is 32.7 Å². The fraction of sp³-hybridized carbons (Fsp3) is 0.625. The van der Waals surface area contributed by atoms with E-state index >= 15 is 0 Å². The van der Waals surface area contributed by atoms with Crippen molar-refractivity contribution in [3.05, 3.63) is 45.3 Å². The number of ether oxygens (including phenoxy) is 1. The number of amides is 2. The van der Waals surface area contributed by atoms with E-state index in [0.717, 1.165) is 19.3 Å². The third-order valence-electron chi connectivity index (χ3n) is 11.1. The van der Waals surface area contributed by atoms with E-state index < -0.39 is 52.9 Å². The van der Waals surface area contributed by atoms with Crippen molar-refractivity contribution in [3.63, 3.8) is 0 Å². The third kappa shape index (κ3) is 4.64. The summed E-state index contributed by atoms with van der Waals surface area (Å²) in [5.41, 5.74) is -2.44. The lowest BCUT2D eigenvalue weighted by Gasteiger charge is -2.46. The highest BCUT2D eigenvalue weighted by Gasteiger charge is 2.70. The summed E-state index contributed by atoms with van der Waals surface area (Å²) in [7, 11) is 0. The summed E-state index contributed by atoms with van der Waals surface area (Å²) in [6, 6.07) is 2.82. The van der Waals surface area contributed by atoms with Crippen molar-refractivity contribution < 1.29 is 41.9 Å². The molecule has 1 N–H and O–H groups in total. The highest BCUT2D eigenvalue weighted by atomic mass is 35.5. The van der Waals surface area contributed by atoms with Crippen LogP contribution < -0.4 is 4.74 Å². The molecule has 1 aromatic carbocycles. The van der Waals surface area contributed by atoms with Crippen molar-refractivity contribution in [2.24, 2.45) is 16.7 Å². The lowest BCUT2D eigenvalue weighted by Crippen LogP contribution is -2.55. The Morgan fingerprint density at radius 3 is 2.64 bits per heavy atom. The monoisotopic (exact) mass is 649 g/mol. The SMILES string of the molecule is Cc1onc(COc2ccc(Cl)c3c2[C@@]2(CC2N2CC4(CC4)CC2=O)N(C(=O)C2CCCC[C@]2(C)C(=O)O)CC3)c1C(F)(F)F. The number of rotatable bonds is 6. The topological polar surface area (TPSA) is 113 Å². The van der Waals surface area contributed by atoms with Crippen LogP contribution in [0, 0.1) is 23.7 Å². The van der Waals surface area contributed by atoms with Gasteiger partial charge in [-0.2, -0.15) is 13.2 Å². The molecule has 0 bridgehead atoms. The van der Waals surface area contributed by atoms with Crippen LogP contribution in [-0.4, -0.2) is 57.0 Å². The maximum absolute atomic E-state index is 14.6. The molecule has 9 nitrogen and oxygen atoms in total. The van der Waals surface area contributed by atoms with Crippen LogP contribution in [-0.2, 0) is 39.1 Å². The first-order chi connectivity index (χ1) is 21.2. The van der Waals surface area contributed by atoms with Gasteiger partial charge in [0, 0.05) is 36.5 Å². The Morgan fingerprint density at radius 2 is 1.98 bits per heavy atom. The highest BCUT2D eigenvalue weighted by Crippen LogP contribution is 2.64. The summed E-state index contributed by atoms with van der Waals surface area (Å²) in [5, 5.41) is 14.3. The predicted octanol–water partition coefficient (Wildman–Crippen LogP) is 5.88. The predicted molar refractivity (Wildman–Crippen MR) is 153 cm³/mol. The van der Waals surface area contributed by atoms with Crippen molar-refractivity contribution in [3.8, 4) is 5.75 Å². The zero-order valence-electron chi connectivity index (χ0n) is 25.1. The highest BCUT2D eigenvalue weighted by molar-refractivity contribution is 6.31. The minimum Gasteiger partial charge on any atom is -0.487 e. The Bertz CT molecular complexity index is 1600. The van der Waals surface area contributed by atoms with Crippen LogP contribution in [0.25, 0.3) is 0 Å². The second kappa shape index (κ2) is 10.1. The molecule has 1 saturated heterocycles. The number of carboxylic acids is 1. The number of fused-ring (bicyclic) bond motifs is 2. The van der Waals surface area contributed by atoms with Gasteiger partial charge in [-0.15, -0.1) is 0 Å². The van der Waals surface area contributed by atoms with Crippen LogP contribution in [0.2, 0.25) is 5.02 Å². The van der Waals surface area contributed by atoms with E-state index in [1.807, 2.05) is 4.90 Å². The van der Waals surface area contributed by atoms with Gasteiger partial charge in [-0.1, -0.05) is 29.6 Å². The first-order valence-electron chi connectivity index (χ1n) is 15.5. The Kier molecular flexibility index (Phi) is 6.82. The molecule has 4 atom stereocenters. The number of likely N-dealkylation sites (tertiary alicyclic amines) is 1. The Hall–Kier alpha value is -3.28. The number of alkyl halides is 3. The van der Waals surface area contributed by atoms with Crippen LogP contribution in [0.3, 0.4) is 0 Å². The smallest absolute Gasteiger partial charge is 0.421 e. The first-order valence-corrected chi connectivity index (χ1v) is 15.9. The van der Waals surface area contributed by atoms with Crippen molar-refractivity contribution >= 4 is 29.4 Å². The van der Waals surface area contributed by atoms with E-state index in [0.29, 0.717) is 61.2 Å². The van der Waals surface area contributed by atoms with E-state index in [1.54, 1.807) is 24.0 Å². The summed E-state index contributed by atoms with van der Waals surface area (Å²) in [4.78, 5) is 44.1. The van der Waals surface area contributed by atoms with Gasteiger partial charge in [0.1, 0.15) is 29.4 Å². The second-order valence-electron chi connectivity index (χ2n) is 13.8. The molecule has 1 aromatic heterocycles. The largest absolute Gasteiger partial charge is 0.487 e. The fourth-order valence-electron chi connectivity index (χ4n) is 8.39. The Balaban J connectivity index is 1.30. The molecular formula is C32H35ClF3N3O6. The van der Waals surface area contributed by atoms with Crippen molar-refractivity contribution in [2.75, 3.05) is 13.1 Å². The van der Waals surface area contributed by atoms with Gasteiger partial charge in [-0.25, -0.2) is 0 Å². The third-order valence-corrected chi connectivity index (χ3v) is 11.5. The normalized spacial score (nSPS) is 30.1. The van der Waals surface area contributed by atoms with Crippen molar-refractivity contribution in [2.45, 2.75) is 96.0 Å². The number of aromatic nitrogens is 1. The number of halogens is 4. The maximum atomic E-state index is 14.6. The van der Waals surface area contributed by atoms with Crippen molar-refractivity contribution in [1.82, 2.24) is 15.0 Å². The van der Waals surface area contributed by atoms with Crippen LogP contribution in [0.1, 0.15) is 86.4 Å². The van der Waals surface area contributed by atoms with Gasteiger partial charge < -0.3 is 24.2 Å². The standard InChI is InChI=1S/C32H35ClF3N3O6/c1-17-25(32(34,35)36)21(37-45-17)15-44-22-7-6-20(33)18-8-12-39(27(41)19-5-3-4-9-29(19,2)28(42)43)31(26(18)22)13-23(31)38-16-30(10-11-30)14-24(38)40/h6-7,19,23H,3-5,8-16H2,1-2H3,(H,42,43)/t19?,23?,29-,31-/m0/s1. The number of carbonyl (C=O) groups excluding carboxylic acids is 2. The molecule has 7 rings (SSSR count). The molecule has 4 fully saturated rings. The van der Waals surface area contributed by atoms with E-state index in [-0.39, 0.29) is 35.3 Å². The molecule has 2 amide bonds. The molecule has 5 aliphatic rings. The van der Waals surface area contributed by atoms with Crippen molar-refractivity contribution in [1.29, 1.82) is 0 Å². The molecule has 3 aliphatic carbocycles. The lowest BCUT2D eigenvalue weighted by atomic mass is 9.66. The van der Waals surface area contributed by atoms with E-state index in [1.165, 1.54) is 6.92 Å². The number of nitrogens with zero attached hydrogens (tertiary/aromatic N) is 3. The summed E-state index contributed by atoms with van der Waals surface area (Å²) in [6.07, 6.45) is 0.680. The summed E-state index contributed by atoms with van der Waals surface area (Å²) in [6.45, 7) is 3.13. The molecule has 0 radical (unpaired) electrons. The molecule has 3 heterocycles. The average molecular weight is 650 g/mol. The van der Waals surface area contributed by atoms with Crippen LogP contribution in [0.4, 0.5) is 13.2 Å². The molecule has 2 spiro atoms. The minimum atomic E-state index is -4.69. The Morgan fingerprint density at radius 1 is 1.22 bits per heavy atom. The number of aryl methyl sites for hydroxylation is 1. The molecule has 2 aliphatic heterocycles. The lowest BCUT2D eigenvalue weighted by molar-refractivity contribution is -0.163. The number of hydrogen-bond donors (Lipinski definition) is 1. The van der Waals surface area contributed by atoms with Gasteiger partial charge in [-0.05, 0) is 69.1 Å². The molecule has 13 heteroatoms. The molecule has 242 valence electrons. The molecule has 2 unspecified atom stereocenters. The van der Waals surface area contributed by atoms with Gasteiger partial charge in [0.05, 0.1) is 22.9 Å². The molecule has 3 saturated carbocycles. The minimum absolute atomic E-state index is 0.0133. The summed E-state index contributed by atoms with van der Waals surface area (Å²) in [5.74, 6) is -2.16. The average Bonchev–Trinajstić information content (AvgIpc) is 3.82. The van der Waals surface area contributed by atoms with Gasteiger partial charge in [0.25, 0.3) is 0 Å². The van der Waals surface area contributed by atoms with E-state index in [4.69, 9.17) is 20.9 Å². The zero-order chi connectivity index (χ0) is 32.1. The molecule has 45 heavy (non-hydrogen) atoms. The van der Waals surface area contributed by atoms with Crippen LogP contribution in [0.15, 0.2) is 16.7 Å². The maximum Gasteiger partial charge on any atom is 0.421 e. The quantitative estimate of drug-likeness (QED) is 0.416. The summed E-state index contributed by atoms with van der Waals surface area (Å²) >= 11 is 6.74. The second-order valence-corrected chi connectivity index (χ2v) is 14.3. The van der Waals surface area contributed by atoms with Gasteiger partial charge in [0.15, 0.2) is 0 Å². The van der Waals surface area contributed by atoms with Crippen LogP contribution in [0.5, 0.6) is 5.75 Å². The molecule has 2 aromatic rings. The van der Waals surface area contributed by atoms with Gasteiger partial charge in [0.2, 0.25) is 11.8 Å². The number of carbonyl (C=O) groups is 3. The molecular weight excluding hydrogens is 615 g/mol. The Labute approximate surface area is 263 Å². The zero-order valence-corrected chi connectivity index (χ0v) is 25.9. The van der Waals surface area contributed by atoms with E-state index in [2.05, 4.69) is 5.16 Å². The first kappa shape index (κ1) is 30.4. The van der Waals surface area contributed by atoms with Gasteiger partial charge >= 0.3 is 12.1 Å².